The van der Waals surface area contributed by atoms with Crippen molar-refractivity contribution in [3.05, 3.63) is 42.2 Å². The fourth-order valence-corrected chi connectivity index (χ4v) is 2.56. The average molecular weight is 313 g/mol. The van der Waals surface area contributed by atoms with Crippen LogP contribution in [0.15, 0.2) is 36.4 Å². The van der Waals surface area contributed by atoms with Crippen LogP contribution >= 0.6 is 0 Å². The van der Waals surface area contributed by atoms with E-state index in [1.165, 1.54) is 0 Å². The first-order chi connectivity index (χ1) is 11.3. The number of nitrogens with one attached hydrogen (secondary N) is 2. The van der Waals surface area contributed by atoms with Crippen LogP contribution in [-0.4, -0.2) is 54.3 Å². The van der Waals surface area contributed by atoms with Crippen LogP contribution in [0, 0.1) is 6.92 Å². The molecule has 3 rings (SSSR count). The monoisotopic (exact) mass is 313 g/mol. The van der Waals surface area contributed by atoms with E-state index in [0.29, 0.717) is 0 Å². The SMILES string of the molecule is Cc1nc(NCCN2CCOCC2)cc(Nc2ccccc2)n1. The molecule has 23 heavy (non-hydrogen) atoms. The topological polar surface area (TPSA) is 62.3 Å². The Morgan fingerprint density at radius 2 is 1.83 bits per heavy atom. The maximum absolute atomic E-state index is 5.36. The lowest BCUT2D eigenvalue weighted by Crippen LogP contribution is -2.39. The van der Waals surface area contributed by atoms with Gasteiger partial charge in [0.25, 0.3) is 0 Å². The average Bonchev–Trinajstić information content (AvgIpc) is 2.56. The van der Waals surface area contributed by atoms with Crippen LogP contribution in [0.1, 0.15) is 5.82 Å². The third kappa shape index (κ3) is 4.91. The molecule has 1 aromatic heterocycles. The highest BCUT2D eigenvalue weighted by molar-refractivity contribution is 5.58. The van der Waals surface area contributed by atoms with Crippen molar-refractivity contribution in [3.8, 4) is 0 Å². The predicted octanol–water partition coefficient (Wildman–Crippen LogP) is 2.27. The first-order valence-corrected chi connectivity index (χ1v) is 8.01. The number of morpholine rings is 1. The maximum Gasteiger partial charge on any atom is 0.136 e. The second kappa shape index (κ2) is 7.89. The Balaban J connectivity index is 1.56. The molecule has 1 aliphatic heterocycles. The van der Waals surface area contributed by atoms with Gasteiger partial charge < -0.3 is 15.4 Å². The van der Waals surface area contributed by atoms with Gasteiger partial charge in [0.15, 0.2) is 0 Å². The van der Waals surface area contributed by atoms with Crippen LogP contribution in [0.3, 0.4) is 0 Å². The lowest BCUT2D eigenvalue weighted by atomic mass is 10.3. The normalized spacial score (nSPS) is 15.3. The van der Waals surface area contributed by atoms with Gasteiger partial charge in [-0.3, -0.25) is 4.90 Å². The van der Waals surface area contributed by atoms with Crippen molar-refractivity contribution in [3.63, 3.8) is 0 Å². The summed E-state index contributed by atoms with van der Waals surface area (Å²) in [5, 5.41) is 6.69. The minimum Gasteiger partial charge on any atom is -0.379 e. The quantitative estimate of drug-likeness (QED) is 0.853. The number of nitrogens with zero attached hydrogens (tertiary/aromatic N) is 3. The summed E-state index contributed by atoms with van der Waals surface area (Å²) in [6.45, 7) is 7.44. The Morgan fingerprint density at radius 3 is 2.61 bits per heavy atom. The number of aromatic nitrogens is 2. The van der Waals surface area contributed by atoms with Crippen LogP contribution in [-0.2, 0) is 4.74 Å². The molecule has 1 aliphatic rings. The molecule has 0 spiro atoms. The molecule has 0 atom stereocenters. The Labute approximate surface area is 136 Å². The molecule has 6 heteroatoms. The lowest BCUT2D eigenvalue weighted by Gasteiger charge is -2.26. The van der Waals surface area contributed by atoms with Gasteiger partial charge in [0.1, 0.15) is 17.5 Å². The predicted molar refractivity (Wildman–Crippen MR) is 92.2 cm³/mol. The van der Waals surface area contributed by atoms with E-state index in [0.717, 1.165) is 62.5 Å². The zero-order chi connectivity index (χ0) is 15.9. The van der Waals surface area contributed by atoms with E-state index < -0.39 is 0 Å². The molecule has 122 valence electrons. The van der Waals surface area contributed by atoms with Gasteiger partial charge in [0.05, 0.1) is 13.2 Å². The third-order valence-corrected chi connectivity index (χ3v) is 3.72. The fraction of sp³-hybridized carbons (Fsp3) is 0.412. The van der Waals surface area contributed by atoms with Gasteiger partial charge in [-0.15, -0.1) is 0 Å². The molecular weight excluding hydrogens is 290 g/mol. The zero-order valence-electron chi connectivity index (χ0n) is 13.5. The molecule has 6 nitrogen and oxygen atoms in total. The van der Waals surface area contributed by atoms with Crippen molar-refractivity contribution in [2.75, 3.05) is 50.0 Å². The van der Waals surface area contributed by atoms with E-state index in [4.69, 9.17) is 4.74 Å². The van der Waals surface area contributed by atoms with E-state index in [9.17, 15) is 0 Å². The van der Waals surface area contributed by atoms with Gasteiger partial charge in [-0.1, -0.05) is 18.2 Å². The van der Waals surface area contributed by atoms with Crippen molar-refractivity contribution in [1.82, 2.24) is 14.9 Å². The minimum atomic E-state index is 0.750. The third-order valence-electron chi connectivity index (χ3n) is 3.72. The standard InChI is InChI=1S/C17H23N5O/c1-14-19-16(18-7-8-22-9-11-23-12-10-22)13-17(20-14)21-15-5-3-2-4-6-15/h2-6,13H,7-12H2,1H3,(H2,18,19,20,21). The number of hydrogen-bond donors (Lipinski definition) is 2. The molecule has 0 unspecified atom stereocenters. The number of rotatable bonds is 6. The van der Waals surface area contributed by atoms with Gasteiger partial charge >= 0.3 is 0 Å². The molecule has 2 aromatic rings. The first kappa shape index (κ1) is 15.7. The largest absolute Gasteiger partial charge is 0.379 e. The molecule has 2 N–H and O–H groups in total. The van der Waals surface area contributed by atoms with Crippen LogP contribution in [0.2, 0.25) is 0 Å². The number of aryl methyl sites for hydroxylation is 1. The molecule has 1 aromatic carbocycles. The van der Waals surface area contributed by atoms with Gasteiger partial charge in [-0.05, 0) is 19.1 Å². The molecule has 1 saturated heterocycles. The molecule has 0 aliphatic carbocycles. The number of hydrogen-bond acceptors (Lipinski definition) is 6. The van der Waals surface area contributed by atoms with Crippen molar-refractivity contribution < 1.29 is 4.74 Å². The van der Waals surface area contributed by atoms with Crippen molar-refractivity contribution >= 4 is 17.3 Å². The van der Waals surface area contributed by atoms with Crippen molar-refractivity contribution in [1.29, 1.82) is 0 Å². The summed E-state index contributed by atoms with van der Waals surface area (Å²) >= 11 is 0. The van der Waals surface area contributed by atoms with Gasteiger partial charge in [0.2, 0.25) is 0 Å². The number of para-hydroxylation sites is 1. The van der Waals surface area contributed by atoms with Gasteiger partial charge in [0, 0.05) is 37.9 Å². The Morgan fingerprint density at radius 1 is 1.09 bits per heavy atom. The van der Waals surface area contributed by atoms with Crippen molar-refractivity contribution in [2.24, 2.45) is 0 Å². The van der Waals surface area contributed by atoms with Gasteiger partial charge in [-0.2, -0.15) is 0 Å². The Hall–Kier alpha value is -2.18. The van der Waals surface area contributed by atoms with Gasteiger partial charge in [-0.25, -0.2) is 9.97 Å². The number of benzene rings is 1. The van der Waals surface area contributed by atoms with E-state index >= 15 is 0 Å². The Bertz CT molecular complexity index is 614. The van der Waals surface area contributed by atoms with E-state index in [-0.39, 0.29) is 0 Å². The second-order valence-electron chi connectivity index (χ2n) is 5.56. The first-order valence-electron chi connectivity index (χ1n) is 8.01. The molecule has 0 bridgehead atoms. The molecule has 0 radical (unpaired) electrons. The summed E-state index contributed by atoms with van der Waals surface area (Å²) in [4.78, 5) is 11.3. The summed E-state index contributed by atoms with van der Waals surface area (Å²) in [7, 11) is 0. The number of anilines is 3. The summed E-state index contributed by atoms with van der Waals surface area (Å²) in [5.41, 5.74) is 1.02. The summed E-state index contributed by atoms with van der Waals surface area (Å²) < 4.78 is 5.36. The second-order valence-corrected chi connectivity index (χ2v) is 5.56. The zero-order valence-corrected chi connectivity index (χ0v) is 13.5. The molecule has 0 saturated carbocycles. The smallest absolute Gasteiger partial charge is 0.136 e. The summed E-state index contributed by atoms with van der Waals surface area (Å²) in [6, 6.07) is 12.0. The lowest BCUT2D eigenvalue weighted by molar-refractivity contribution is 0.0398. The van der Waals surface area contributed by atoms with Crippen LogP contribution < -0.4 is 10.6 Å². The van der Waals surface area contributed by atoms with E-state index in [1.54, 1.807) is 0 Å². The maximum atomic E-state index is 5.36. The minimum absolute atomic E-state index is 0.750. The van der Waals surface area contributed by atoms with E-state index in [1.807, 2.05) is 43.3 Å². The van der Waals surface area contributed by atoms with Crippen LogP contribution in [0.5, 0.6) is 0 Å². The fourth-order valence-electron chi connectivity index (χ4n) is 2.56. The molecule has 0 amide bonds. The summed E-state index contributed by atoms with van der Waals surface area (Å²) in [5.74, 6) is 2.40. The Kier molecular flexibility index (Phi) is 5.39. The molecular formula is C17H23N5O. The summed E-state index contributed by atoms with van der Waals surface area (Å²) in [6.07, 6.45) is 0. The number of ether oxygens (including phenoxy) is 1. The molecule has 1 fully saturated rings. The highest BCUT2D eigenvalue weighted by Gasteiger charge is 2.09. The van der Waals surface area contributed by atoms with Crippen LogP contribution in [0.4, 0.5) is 17.3 Å². The molecule has 2 heterocycles. The highest BCUT2D eigenvalue weighted by atomic mass is 16.5. The van der Waals surface area contributed by atoms with E-state index in [2.05, 4.69) is 25.5 Å². The van der Waals surface area contributed by atoms with Crippen molar-refractivity contribution in [2.45, 2.75) is 6.92 Å². The highest BCUT2D eigenvalue weighted by Crippen LogP contribution is 2.16. The van der Waals surface area contributed by atoms with Crippen LogP contribution in [0.25, 0.3) is 0 Å².